The van der Waals surface area contributed by atoms with Crippen molar-refractivity contribution in [3.8, 4) is 17.6 Å². The van der Waals surface area contributed by atoms with Crippen LogP contribution in [0.1, 0.15) is 0 Å². The van der Waals surface area contributed by atoms with Crippen LogP contribution in [0.25, 0.3) is 0 Å². The maximum atomic E-state index is 13.4. The number of hydrogen-bond acceptors (Lipinski definition) is 5. The van der Waals surface area contributed by atoms with Crippen molar-refractivity contribution in [3.63, 3.8) is 0 Å². The Morgan fingerprint density at radius 3 is 2.50 bits per heavy atom. The highest BCUT2D eigenvalue weighted by Gasteiger charge is 2.21. The van der Waals surface area contributed by atoms with E-state index >= 15 is 0 Å². The highest BCUT2D eigenvalue weighted by molar-refractivity contribution is 6.31. The van der Waals surface area contributed by atoms with E-state index in [1.807, 2.05) is 0 Å². The van der Waals surface area contributed by atoms with E-state index < -0.39 is 11.7 Å². The molecule has 134 valence electrons. The maximum Gasteiger partial charge on any atom is 0.286 e. The molecule has 26 heavy (non-hydrogen) atoms. The van der Waals surface area contributed by atoms with E-state index in [0.717, 1.165) is 11.1 Å². The Balaban J connectivity index is 2.44. The first-order valence-corrected chi connectivity index (χ1v) is 7.66. The third-order valence-corrected chi connectivity index (χ3v) is 3.67. The van der Waals surface area contributed by atoms with Crippen LogP contribution in [0.5, 0.6) is 11.5 Å². The van der Waals surface area contributed by atoms with Gasteiger partial charge in [0.15, 0.2) is 11.5 Å². The third kappa shape index (κ3) is 4.05. The fraction of sp³-hybridized carbons (Fsp3) is 0.111. The minimum Gasteiger partial charge on any atom is -0.493 e. The number of ether oxygens (including phenoxy) is 2. The van der Waals surface area contributed by atoms with Crippen LogP contribution in [0.4, 0.5) is 15.8 Å². The van der Waals surface area contributed by atoms with Crippen molar-refractivity contribution in [1.82, 2.24) is 0 Å². The van der Waals surface area contributed by atoms with Crippen LogP contribution in [0, 0.1) is 17.1 Å². The number of nitrogens with one attached hydrogen (secondary N) is 1. The Kier molecular flexibility index (Phi) is 6.04. The molecule has 0 spiro atoms. The van der Waals surface area contributed by atoms with Gasteiger partial charge in [0.05, 0.1) is 30.6 Å². The zero-order valence-electron chi connectivity index (χ0n) is 14.0. The average Bonchev–Trinajstić information content (AvgIpc) is 2.66. The van der Waals surface area contributed by atoms with E-state index in [0.29, 0.717) is 17.2 Å². The average molecular weight is 376 g/mol. The molecule has 1 amide bonds. The maximum absolute atomic E-state index is 13.4. The summed E-state index contributed by atoms with van der Waals surface area (Å²) in [6.07, 6.45) is 0. The molecular weight excluding hydrogens is 361 g/mol. The lowest BCUT2D eigenvalue weighted by atomic mass is 10.2. The Morgan fingerprint density at radius 2 is 1.92 bits per heavy atom. The van der Waals surface area contributed by atoms with E-state index in [4.69, 9.17) is 26.3 Å². The molecule has 0 saturated heterocycles. The molecule has 6 nitrogen and oxygen atoms in total. The fourth-order valence-corrected chi connectivity index (χ4v) is 2.25. The van der Waals surface area contributed by atoms with Crippen LogP contribution in [0.3, 0.4) is 0 Å². The zero-order chi connectivity index (χ0) is 19.3. The van der Waals surface area contributed by atoms with Crippen molar-refractivity contribution in [2.24, 2.45) is 0 Å². The quantitative estimate of drug-likeness (QED) is 0.470. The molecule has 0 saturated carbocycles. The van der Waals surface area contributed by atoms with Crippen molar-refractivity contribution in [3.05, 3.63) is 59.4 Å². The van der Waals surface area contributed by atoms with Gasteiger partial charge in [-0.05, 0) is 30.3 Å². The summed E-state index contributed by atoms with van der Waals surface area (Å²) in [5, 5.41) is 9.84. The smallest absolute Gasteiger partial charge is 0.286 e. The molecule has 2 rings (SSSR count). The van der Waals surface area contributed by atoms with E-state index in [-0.39, 0.29) is 16.3 Å². The van der Waals surface area contributed by atoms with Crippen molar-refractivity contribution < 1.29 is 18.7 Å². The van der Waals surface area contributed by atoms with Crippen molar-refractivity contribution in [2.75, 3.05) is 24.7 Å². The van der Waals surface area contributed by atoms with Crippen molar-refractivity contribution in [1.29, 1.82) is 5.26 Å². The molecule has 0 heterocycles. The highest BCUT2D eigenvalue weighted by atomic mass is 35.5. The topological polar surface area (TPSA) is 74.6 Å². The van der Waals surface area contributed by atoms with Gasteiger partial charge in [-0.3, -0.25) is 10.2 Å². The third-order valence-electron chi connectivity index (χ3n) is 3.38. The number of nitrogens with zero attached hydrogens (tertiary/aromatic N) is 2. The molecule has 0 unspecified atom stereocenters. The second-order valence-electron chi connectivity index (χ2n) is 5.01. The standard InChI is InChI=1S/C18H15ClFN3O3/c1-11(10-21)18(24)23(13-5-6-15(20)14(19)9-13)22-12-4-7-16(25-2)17(8-12)26-3/h4-9,22H,1H2,2-3H3. The first-order chi connectivity index (χ1) is 12.4. The van der Waals surface area contributed by atoms with Crippen molar-refractivity contribution >= 4 is 28.9 Å². The number of carbonyl (C=O) groups is 1. The van der Waals surface area contributed by atoms with Crippen molar-refractivity contribution in [2.45, 2.75) is 0 Å². The van der Waals surface area contributed by atoms with Gasteiger partial charge >= 0.3 is 0 Å². The second kappa shape index (κ2) is 8.23. The molecule has 0 aromatic heterocycles. The van der Waals surface area contributed by atoms with Crippen LogP contribution >= 0.6 is 11.6 Å². The lowest BCUT2D eigenvalue weighted by molar-refractivity contribution is -0.114. The summed E-state index contributed by atoms with van der Waals surface area (Å²) in [6, 6.07) is 10.3. The zero-order valence-corrected chi connectivity index (χ0v) is 14.8. The first kappa shape index (κ1) is 19.1. The van der Waals surface area contributed by atoms with Gasteiger partial charge in [0, 0.05) is 6.07 Å². The number of rotatable bonds is 6. The number of benzene rings is 2. The second-order valence-corrected chi connectivity index (χ2v) is 5.42. The molecule has 0 fully saturated rings. The van der Waals surface area contributed by atoms with Gasteiger partial charge in [-0.15, -0.1) is 0 Å². The van der Waals surface area contributed by atoms with E-state index in [1.54, 1.807) is 24.3 Å². The number of hydrogen-bond donors (Lipinski definition) is 1. The predicted octanol–water partition coefficient (Wildman–Crippen LogP) is 3.94. The summed E-state index contributed by atoms with van der Waals surface area (Å²) in [6.45, 7) is 3.42. The lowest BCUT2D eigenvalue weighted by Gasteiger charge is -2.24. The fourth-order valence-electron chi connectivity index (χ4n) is 2.07. The molecule has 0 bridgehead atoms. The number of amides is 1. The van der Waals surface area contributed by atoms with E-state index in [1.165, 1.54) is 26.4 Å². The molecule has 0 aliphatic carbocycles. The van der Waals surface area contributed by atoms with Crippen LogP contribution in [-0.2, 0) is 4.79 Å². The number of nitriles is 1. The summed E-state index contributed by atoms with van der Waals surface area (Å²) in [5.41, 5.74) is 3.22. The Hall–Kier alpha value is -3.24. The molecule has 0 atom stereocenters. The largest absolute Gasteiger partial charge is 0.493 e. The van der Waals surface area contributed by atoms with Crippen LogP contribution < -0.4 is 19.9 Å². The van der Waals surface area contributed by atoms with E-state index in [9.17, 15) is 9.18 Å². The first-order valence-electron chi connectivity index (χ1n) is 7.28. The normalized spacial score (nSPS) is 9.81. The number of carbonyl (C=O) groups excluding carboxylic acids is 1. The predicted molar refractivity (Wildman–Crippen MR) is 96.8 cm³/mol. The van der Waals surface area contributed by atoms with Gasteiger partial charge in [0.2, 0.25) is 0 Å². The minimum absolute atomic E-state index is 0.169. The Morgan fingerprint density at radius 1 is 1.23 bits per heavy atom. The van der Waals surface area contributed by atoms with Crippen LogP contribution in [0.2, 0.25) is 5.02 Å². The van der Waals surface area contributed by atoms with E-state index in [2.05, 4.69) is 12.0 Å². The highest BCUT2D eigenvalue weighted by Crippen LogP contribution is 2.31. The molecule has 0 aliphatic heterocycles. The van der Waals surface area contributed by atoms with Gasteiger partial charge < -0.3 is 9.47 Å². The SMILES string of the molecule is C=C(C#N)C(=O)N(Nc1ccc(OC)c(OC)c1)c1ccc(F)c(Cl)c1. The molecule has 8 heteroatoms. The minimum atomic E-state index is -0.718. The van der Waals surface area contributed by atoms with Gasteiger partial charge in [-0.2, -0.15) is 5.26 Å². The number of methoxy groups -OCH3 is 2. The molecule has 0 aliphatic rings. The van der Waals surface area contributed by atoms with Gasteiger partial charge in [-0.1, -0.05) is 18.2 Å². The summed E-state index contributed by atoms with van der Waals surface area (Å²) >= 11 is 5.80. The molecule has 2 aromatic rings. The molecule has 1 N–H and O–H groups in total. The van der Waals surface area contributed by atoms with Gasteiger partial charge in [-0.25, -0.2) is 9.40 Å². The summed E-state index contributed by atoms with van der Waals surface area (Å²) in [4.78, 5) is 12.5. The number of halogens is 2. The molecule has 2 aromatic carbocycles. The number of anilines is 2. The lowest BCUT2D eigenvalue weighted by Crippen LogP contribution is -2.37. The summed E-state index contributed by atoms with van der Waals surface area (Å²) < 4.78 is 23.8. The van der Waals surface area contributed by atoms with Crippen LogP contribution in [-0.4, -0.2) is 20.1 Å². The van der Waals surface area contributed by atoms with Gasteiger partial charge in [0.1, 0.15) is 17.5 Å². The Bertz CT molecular complexity index is 896. The molecular formula is C18H15ClFN3O3. The molecule has 0 radical (unpaired) electrons. The summed E-state index contributed by atoms with van der Waals surface area (Å²) in [5.74, 6) is -0.415. The summed E-state index contributed by atoms with van der Waals surface area (Å²) in [7, 11) is 2.97. The number of hydrazine groups is 1. The van der Waals surface area contributed by atoms with Crippen LogP contribution in [0.15, 0.2) is 48.6 Å². The Labute approximate surface area is 155 Å². The monoisotopic (exact) mass is 375 g/mol. The van der Waals surface area contributed by atoms with Gasteiger partial charge in [0.25, 0.3) is 5.91 Å².